The van der Waals surface area contributed by atoms with Crippen LogP contribution in [0.3, 0.4) is 0 Å². The average molecular weight is 279 g/mol. The normalized spacial score (nSPS) is 16.8. The third-order valence-corrected chi connectivity index (χ3v) is 3.87. The highest BCUT2D eigenvalue weighted by Gasteiger charge is 2.23. The molecule has 0 aliphatic carbocycles. The Labute approximate surface area is 120 Å². The smallest absolute Gasteiger partial charge is 0.148 e. The number of ether oxygens (including phenoxy) is 1. The number of nitrogen functional groups attached to an aromatic ring is 1. The molecule has 0 radical (unpaired) electrons. The van der Waals surface area contributed by atoms with E-state index in [0.29, 0.717) is 11.9 Å². The van der Waals surface area contributed by atoms with E-state index in [0.717, 1.165) is 43.1 Å². The third-order valence-electron chi connectivity index (χ3n) is 3.87. The van der Waals surface area contributed by atoms with E-state index in [-0.39, 0.29) is 5.92 Å². The summed E-state index contributed by atoms with van der Waals surface area (Å²) in [5.74, 6) is 8.39. The number of nitrogens with zero attached hydrogens (tertiary/aromatic N) is 3. The molecule has 2 rings (SSSR count). The molecule has 1 aliphatic heterocycles. The summed E-state index contributed by atoms with van der Waals surface area (Å²) < 4.78 is 5.42. The maximum absolute atomic E-state index is 5.58. The van der Waals surface area contributed by atoms with Crippen LogP contribution in [0.25, 0.3) is 0 Å². The highest BCUT2D eigenvalue weighted by atomic mass is 16.5. The average Bonchev–Trinajstić information content (AvgIpc) is 2.47. The summed E-state index contributed by atoms with van der Waals surface area (Å²) in [6, 6.07) is 0. The van der Waals surface area contributed by atoms with Crippen LogP contribution in [0.4, 0.5) is 11.6 Å². The molecular formula is C14H25N5O. The first-order valence-electron chi connectivity index (χ1n) is 7.19. The van der Waals surface area contributed by atoms with E-state index in [2.05, 4.69) is 29.2 Å². The number of piperidine rings is 1. The SMILES string of the molecule is COC1CCN(c2nc(C(C)C)nc(NN)c2C)CC1. The van der Waals surface area contributed by atoms with Gasteiger partial charge in [0.1, 0.15) is 17.5 Å². The van der Waals surface area contributed by atoms with Gasteiger partial charge in [0.15, 0.2) is 0 Å². The number of nitrogens with one attached hydrogen (secondary N) is 1. The molecule has 6 heteroatoms. The van der Waals surface area contributed by atoms with E-state index in [1.54, 1.807) is 7.11 Å². The Balaban J connectivity index is 2.28. The van der Waals surface area contributed by atoms with Crippen molar-refractivity contribution in [3.05, 3.63) is 11.4 Å². The van der Waals surface area contributed by atoms with Crippen LogP contribution in [-0.2, 0) is 4.74 Å². The zero-order valence-electron chi connectivity index (χ0n) is 12.8. The first-order chi connectivity index (χ1) is 9.56. The minimum Gasteiger partial charge on any atom is -0.381 e. The molecule has 1 aliphatic rings. The van der Waals surface area contributed by atoms with Crippen molar-refractivity contribution in [2.45, 2.75) is 45.6 Å². The minimum atomic E-state index is 0.276. The summed E-state index contributed by atoms with van der Waals surface area (Å²) in [6.45, 7) is 8.10. The topological polar surface area (TPSA) is 76.3 Å². The van der Waals surface area contributed by atoms with Gasteiger partial charge < -0.3 is 15.1 Å². The van der Waals surface area contributed by atoms with Gasteiger partial charge >= 0.3 is 0 Å². The standard InChI is InChI=1S/C14H25N5O/c1-9(2)12-16-13(18-15)10(3)14(17-12)19-7-5-11(20-4)6-8-19/h9,11H,5-8,15H2,1-4H3,(H,16,17,18). The van der Waals surface area contributed by atoms with Gasteiger partial charge in [0.05, 0.1) is 6.10 Å². The second-order valence-electron chi connectivity index (χ2n) is 5.60. The second kappa shape index (κ2) is 6.37. The van der Waals surface area contributed by atoms with Gasteiger partial charge in [-0.2, -0.15) is 0 Å². The van der Waals surface area contributed by atoms with Gasteiger partial charge in [-0.05, 0) is 19.8 Å². The van der Waals surface area contributed by atoms with Crippen molar-refractivity contribution in [2.24, 2.45) is 5.84 Å². The molecule has 3 N–H and O–H groups in total. The monoisotopic (exact) mass is 279 g/mol. The minimum absolute atomic E-state index is 0.276. The summed E-state index contributed by atoms with van der Waals surface area (Å²) in [5.41, 5.74) is 3.69. The lowest BCUT2D eigenvalue weighted by molar-refractivity contribution is 0.0817. The molecule has 1 aromatic rings. The van der Waals surface area contributed by atoms with Crippen molar-refractivity contribution in [3.8, 4) is 0 Å². The number of hydrogen-bond donors (Lipinski definition) is 2. The predicted octanol–water partition coefficient (Wildman–Crippen LogP) is 1.81. The molecule has 20 heavy (non-hydrogen) atoms. The summed E-state index contributed by atoms with van der Waals surface area (Å²) in [7, 11) is 1.78. The van der Waals surface area contributed by atoms with E-state index in [1.165, 1.54) is 0 Å². The van der Waals surface area contributed by atoms with Crippen LogP contribution in [0.2, 0.25) is 0 Å². The Hall–Kier alpha value is -1.40. The fourth-order valence-electron chi connectivity index (χ4n) is 2.53. The zero-order chi connectivity index (χ0) is 14.7. The molecule has 112 valence electrons. The number of aromatic nitrogens is 2. The number of hydrogen-bond acceptors (Lipinski definition) is 6. The number of rotatable bonds is 4. The van der Waals surface area contributed by atoms with Gasteiger partial charge in [-0.25, -0.2) is 15.8 Å². The molecule has 1 saturated heterocycles. The molecule has 6 nitrogen and oxygen atoms in total. The number of methoxy groups -OCH3 is 1. The van der Waals surface area contributed by atoms with E-state index in [9.17, 15) is 0 Å². The lowest BCUT2D eigenvalue weighted by atomic mass is 10.1. The van der Waals surface area contributed by atoms with Crippen LogP contribution in [0.5, 0.6) is 0 Å². The van der Waals surface area contributed by atoms with E-state index >= 15 is 0 Å². The largest absolute Gasteiger partial charge is 0.381 e. The van der Waals surface area contributed by atoms with Gasteiger partial charge in [-0.3, -0.25) is 0 Å². The molecule has 0 amide bonds. The van der Waals surface area contributed by atoms with Crippen molar-refractivity contribution in [1.29, 1.82) is 0 Å². The summed E-state index contributed by atoms with van der Waals surface area (Å²) in [6.07, 6.45) is 2.43. The predicted molar refractivity (Wildman–Crippen MR) is 80.9 cm³/mol. The van der Waals surface area contributed by atoms with Gasteiger partial charge in [-0.1, -0.05) is 13.8 Å². The highest BCUT2D eigenvalue weighted by Crippen LogP contribution is 2.28. The molecule has 0 atom stereocenters. The fourth-order valence-corrected chi connectivity index (χ4v) is 2.53. The summed E-state index contributed by atoms with van der Waals surface area (Å²) in [5, 5.41) is 0. The van der Waals surface area contributed by atoms with Crippen molar-refractivity contribution in [3.63, 3.8) is 0 Å². The van der Waals surface area contributed by atoms with Gasteiger partial charge in [-0.15, -0.1) is 0 Å². The number of hydrazine groups is 1. The first-order valence-corrected chi connectivity index (χ1v) is 7.19. The molecule has 0 unspecified atom stereocenters. The van der Waals surface area contributed by atoms with Crippen LogP contribution >= 0.6 is 0 Å². The molecule has 1 aromatic heterocycles. The lowest BCUT2D eigenvalue weighted by Gasteiger charge is -2.33. The van der Waals surface area contributed by atoms with Crippen molar-refractivity contribution >= 4 is 11.6 Å². The van der Waals surface area contributed by atoms with Gasteiger partial charge in [0.25, 0.3) is 0 Å². The van der Waals surface area contributed by atoms with Crippen LogP contribution in [0.15, 0.2) is 0 Å². The summed E-state index contributed by atoms with van der Waals surface area (Å²) >= 11 is 0. The maximum Gasteiger partial charge on any atom is 0.148 e. The molecular weight excluding hydrogens is 254 g/mol. The van der Waals surface area contributed by atoms with Crippen LogP contribution < -0.4 is 16.2 Å². The Kier molecular flexibility index (Phi) is 4.77. The third kappa shape index (κ3) is 3.02. The maximum atomic E-state index is 5.58. The lowest BCUT2D eigenvalue weighted by Crippen LogP contribution is -2.38. The van der Waals surface area contributed by atoms with Crippen LogP contribution in [-0.4, -0.2) is 36.3 Å². The molecule has 0 saturated carbocycles. The van der Waals surface area contributed by atoms with Crippen LogP contribution in [0, 0.1) is 6.92 Å². The molecule has 0 aromatic carbocycles. The van der Waals surface area contributed by atoms with Crippen molar-refractivity contribution < 1.29 is 4.74 Å². The van der Waals surface area contributed by atoms with E-state index in [4.69, 9.17) is 15.6 Å². The molecule has 1 fully saturated rings. The highest BCUT2D eigenvalue weighted by molar-refractivity contribution is 5.58. The Morgan fingerprint density at radius 2 is 1.95 bits per heavy atom. The quantitative estimate of drug-likeness (QED) is 0.646. The second-order valence-corrected chi connectivity index (χ2v) is 5.60. The van der Waals surface area contributed by atoms with Crippen molar-refractivity contribution in [2.75, 3.05) is 30.5 Å². The first kappa shape index (κ1) is 15.0. The number of anilines is 2. The van der Waals surface area contributed by atoms with Gasteiger partial charge in [0, 0.05) is 31.7 Å². The Bertz CT molecular complexity index is 455. The zero-order valence-corrected chi connectivity index (χ0v) is 12.8. The molecule has 2 heterocycles. The fraction of sp³-hybridized carbons (Fsp3) is 0.714. The van der Waals surface area contributed by atoms with Crippen LogP contribution in [0.1, 0.15) is 44.0 Å². The van der Waals surface area contributed by atoms with Gasteiger partial charge in [0.2, 0.25) is 0 Å². The number of nitrogens with two attached hydrogens (primary N) is 1. The molecule has 0 bridgehead atoms. The van der Waals surface area contributed by atoms with E-state index < -0.39 is 0 Å². The Morgan fingerprint density at radius 3 is 2.45 bits per heavy atom. The van der Waals surface area contributed by atoms with E-state index in [1.807, 2.05) is 6.92 Å². The Morgan fingerprint density at radius 1 is 1.30 bits per heavy atom. The van der Waals surface area contributed by atoms with Crippen molar-refractivity contribution in [1.82, 2.24) is 9.97 Å². The molecule has 0 spiro atoms. The summed E-state index contributed by atoms with van der Waals surface area (Å²) in [4.78, 5) is 11.5.